The number of benzene rings is 2. The van der Waals surface area contributed by atoms with Crippen molar-refractivity contribution in [1.29, 1.82) is 0 Å². The summed E-state index contributed by atoms with van der Waals surface area (Å²) in [4.78, 5) is 12.1. The van der Waals surface area contributed by atoms with Crippen LogP contribution in [0.5, 0.6) is 5.75 Å². The Bertz CT molecular complexity index is 808. The fraction of sp³-hybridized carbons (Fsp3) is 0.235. The van der Waals surface area contributed by atoms with Crippen LogP contribution in [0.4, 0.5) is 5.69 Å². The molecule has 0 unspecified atom stereocenters. The minimum Gasteiger partial charge on any atom is -0.483 e. The van der Waals surface area contributed by atoms with Gasteiger partial charge in [0.1, 0.15) is 5.75 Å². The molecule has 0 fully saturated rings. The van der Waals surface area contributed by atoms with E-state index in [9.17, 15) is 13.2 Å². The Morgan fingerprint density at radius 3 is 2.30 bits per heavy atom. The summed E-state index contributed by atoms with van der Waals surface area (Å²) in [7, 11) is -3.31. The maximum Gasteiger partial charge on any atom is 0.262 e. The minimum atomic E-state index is -3.31. The number of sulfone groups is 1. The van der Waals surface area contributed by atoms with Gasteiger partial charge in [-0.25, -0.2) is 8.42 Å². The van der Waals surface area contributed by atoms with Crippen LogP contribution >= 0.6 is 0 Å². The fourth-order valence-corrected chi connectivity index (χ4v) is 2.83. The summed E-state index contributed by atoms with van der Waals surface area (Å²) >= 11 is 0. The molecule has 1 amide bonds. The number of rotatable bonds is 5. The van der Waals surface area contributed by atoms with Crippen molar-refractivity contribution in [1.82, 2.24) is 0 Å². The number of amides is 1. The third-order valence-corrected chi connectivity index (χ3v) is 4.41. The zero-order chi connectivity index (χ0) is 17.0. The average molecular weight is 333 g/mol. The van der Waals surface area contributed by atoms with Crippen LogP contribution in [0.15, 0.2) is 47.4 Å². The third kappa shape index (κ3) is 4.56. The summed E-state index contributed by atoms with van der Waals surface area (Å²) in [5, 5.41) is 2.64. The van der Waals surface area contributed by atoms with E-state index in [-0.39, 0.29) is 17.4 Å². The van der Waals surface area contributed by atoms with Gasteiger partial charge in [0.25, 0.3) is 5.91 Å². The second kappa shape index (κ2) is 6.83. The molecule has 23 heavy (non-hydrogen) atoms. The summed E-state index contributed by atoms with van der Waals surface area (Å²) in [5.41, 5.74) is 2.33. The standard InChI is InChI=1S/C17H19NO4S/c1-12-6-4-7-13(2)17(12)22-11-16(19)18-14-8-5-9-15(10-14)23(3,20)21/h4-10H,11H2,1-3H3,(H,18,19). The Morgan fingerprint density at radius 2 is 1.70 bits per heavy atom. The van der Waals surface area contributed by atoms with Gasteiger partial charge >= 0.3 is 0 Å². The third-order valence-electron chi connectivity index (χ3n) is 3.30. The van der Waals surface area contributed by atoms with E-state index in [0.717, 1.165) is 17.4 Å². The molecule has 0 aliphatic heterocycles. The van der Waals surface area contributed by atoms with Crippen LogP contribution in [0.25, 0.3) is 0 Å². The molecule has 0 spiro atoms. The maximum absolute atomic E-state index is 12.0. The van der Waals surface area contributed by atoms with Crippen molar-refractivity contribution in [3.63, 3.8) is 0 Å². The fourth-order valence-electron chi connectivity index (χ4n) is 2.17. The van der Waals surface area contributed by atoms with Gasteiger partial charge in [-0.2, -0.15) is 0 Å². The lowest BCUT2D eigenvalue weighted by Gasteiger charge is -2.12. The molecule has 0 heterocycles. The molecule has 0 saturated carbocycles. The highest BCUT2D eigenvalue weighted by molar-refractivity contribution is 7.90. The van der Waals surface area contributed by atoms with Crippen molar-refractivity contribution in [3.8, 4) is 5.75 Å². The van der Waals surface area contributed by atoms with Gasteiger partial charge in [-0.1, -0.05) is 24.3 Å². The first-order chi connectivity index (χ1) is 10.8. The van der Waals surface area contributed by atoms with Gasteiger partial charge in [0, 0.05) is 11.9 Å². The zero-order valence-electron chi connectivity index (χ0n) is 13.3. The topological polar surface area (TPSA) is 72.5 Å². The van der Waals surface area contributed by atoms with Gasteiger partial charge < -0.3 is 10.1 Å². The van der Waals surface area contributed by atoms with Gasteiger partial charge in [0.2, 0.25) is 0 Å². The van der Waals surface area contributed by atoms with Crippen LogP contribution in [0.3, 0.4) is 0 Å². The van der Waals surface area contributed by atoms with Crippen LogP contribution in [0, 0.1) is 13.8 Å². The average Bonchev–Trinajstić information content (AvgIpc) is 2.46. The summed E-state index contributed by atoms with van der Waals surface area (Å²) < 4.78 is 28.6. The SMILES string of the molecule is Cc1cccc(C)c1OCC(=O)Nc1cccc(S(C)(=O)=O)c1. The number of ether oxygens (including phenoxy) is 1. The molecule has 2 aromatic carbocycles. The molecule has 6 heteroatoms. The highest BCUT2D eigenvalue weighted by Crippen LogP contribution is 2.22. The lowest BCUT2D eigenvalue weighted by atomic mass is 10.1. The van der Waals surface area contributed by atoms with Crippen molar-refractivity contribution in [2.45, 2.75) is 18.7 Å². The van der Waals surface area contributed by atoms with Crippen LogP contribution in [-0.2, 0) is 14.6 Å². The molecule has 0 atom stereocenters. The minimum absolute atomic E-state index is 0.144. The number of hydrogen-bond acceptors (Lipinski definition) is 4. The van der Waals surface area contributed by atoms with Crippen LogP contribution in [-0.4, -0.2) is 27.2 Å². The molecular formula is C17H19NO4S. The summed E-state index contributed by atoms with van der Waals surface area (Å²) in [5.74, 6) is 0.339. The van der Waals surface area contributed by atoms with E-state index in [1.54, 1.807) is 12.1 Å². The van der Waals surface area contributed by atoms with Gasteiger partial charge in [0.15, 0.2) is 16.4 Å². The van der Waals surface area contributed by atoms with Gasteiger partial charge in [-0.3, -0.25) is 4.79 Å². The summed E-state index contributed by atoms with van der Waals surface area (Å²) in [6.45, 7) is 3.68. The molecule has 0 saturated heterocycles. The second-order valence-corrected chi connectivity index (χ2v) is 7.37. The second-order valence-electron chi connectivity index (χ2n) is 5.36. The Morgan fingerprint density at radius 1 is 1.09 bits per heavy atom. The quantitative estimate of drug-likeness (QED) is 0.913. The van der Waals surface area contributed by atoms with Crippen molar-refractivity contribution < 1.29 is 17.9 Å². The van der Waals surface area contributed by atoms with Crippen molar-refractivity contribution >= 4 is 21.4 Å². The van der Waals surface area contributed by atoms with Crippen molar-refractivity contribution in [2.75, 3.05) is 18.2 Å². The number of nitrogens with one attached hydrogen (secondary N) is 1. The van der Waals surface area contributed by atoms with E-state index >= 15 is 0 Å². The summed E-state index contributed by atoms with van der Waals surface area (Å²) in [6, 6.07) is 11.9. The number of para-hydroxylation sites is 1. The summed E-state index contributed by atoms with van der Waals surface area (Å²) in [6.07, 6.45) is 1.12. The van der Waals surface area contributed by atoms with Crippen LogP contribution in [0.2, 0.25) is 0 Å². The predicted octanol–water partition coefficient (Wildman–Crippen LogP) is 2.72. The Balaban J connectivity index is 2.03. The van der Waals surface area contributed by atoms with Gasteiger partial charge in [-0.15, -0.1) is 0 Å². The molecule has 0 aromatic heterocycles. The Labute approximate surface area is 136 Å². The lowest BCUT2D eigenvalue weighted by Crippen LogP contribution is -2.20. The smallest absolute Gasteiger partial charge is 0.262 e. The molecule has 5 nitrogen and oxygen atoms in total. The number of carbonyl (C=O) groups excluding carboxylic acids is 1. The van der Waals surface area contributed by atoms with Gasteiger partial charge in [0.05, 0.1) is 4.90 Å². The molecule has 2 rings (SSSR count). The highest BCUT2D eigenvalue weighted by atomic mass is 32.2. The molecule has 122 valence electrons. The number of hydrogen-bond donors (Lipinski definition) is 1. The van der Waals surface area contributed by atoms with E-state index in [1.807, 2.05) is 32.0 Å². The number of carbonyl (C=O) groups is 1. The first-order valence-corrected chi connectivity index (χ1v) is 8.95. The molecule has 0 aliphatic carbocycles. The number of aryl methyl sites for hydroxylation is 2. The van der Waals surface area contributed by atoms with E-state index < -0.39 is 9.84 Å². The Kier molecular flexibility index (Phi) is 5.05. The van der Waals surface area contributed by atoms with E-state index in [0.29, 0.717) is 11.4 Å². The lowest BCUT2D eigenvalue weighted by molar-refractivity contribution is -0.118. The molecule has 1 N–H and O–H groups in total. The van der Waals surface area contributed by atoms with Crippen LogP contribution < -0.4 is 10.1 Å². The van der Waals surface area contributed by atoms with E-state index in [2.05, 4.69) is 5.32 Å². The van der Waals surface area contributed by atoms with Crippen molar-refractivity contribution in [3.05, 3.63) is 53.6 Å². The highest BCUT2D eigenvalue weighted by Gasteiger charge is 2.10. The van der Waals surface area contributed by atoms with Crippen LogP contribution in [0.1, 0.15) is 11.1 Å². The normalized spacial score (nSPS) is 11.1. The maximum atomic E-state index is 12.0. The molecule has 0 aliphatic rings. The molecular weight excluding hydrogens is 314 g/mol. The van der Waals surface area contributed by atoms with Gasteiger partial charge in [-0.05, 0) is 43.2 Å². The van der Waals surface area contributed by atoms with E-state index in [1.165, 1.54) is 12.1 Å². The molecule has 0 bridgehead atoms. The monoisotopic (exact) mass is 333 g/mol. The first-order valence-electron chi connectivity index (χ1n) is 7.06. The van der Waals surface area contributed by atoms with Crippen molar-refractivity contribution in [2.24, 2.45) is 0 Å². The largest absolute Gasteiger partial charge is 0.483 e. The zero-order valence-corrected chi connectivity index (χ0v) is 14.1. The molecule has 0 radical (unpaired) electrons. The Hall–Kier alpha value is -2.34. The first kappa shape index (κ1) is 17.0. The predicted molar refractivity (Wildman–Crippen MR) is 89.6 cm³/mol. The number of anilines is 1. The molecule has 2 aromatic rings. The van der Waals surface area contributed by atoms with E-state index in [4.69, 9.17) is 4.74 Å².